The molecule has 4 nitrogen and oxygen atoms in total. The van der Waals surface area contributed by atoms with Crippen molar-refractivity contribution in [3.8, 4) is 0 Å². The van der Waals surface area contributed by atoms with Crippen LogP contribution in [0.15, 0.2) is 48.6 Å². The lowest BCUT2D eigenvalue weighted by atomic mass is 9.94. The van der Waals surface area contributed by atoms with E-state index in [2.05, 4.69) is 54.8 Å². The Morgan fingerprint density at radius 3 is 2.51 bits per heavy atom. The summed E-state index contributed by atoms with van der Waals surface area (Å²) in [5.41, 5.74) is 4.46. The number of benzene rings is 2. The molecule has 0 saturated carbocycles. The molecule has 0 fully saturated rings. The summed E-state index contributed by atoms with van der Waals surface area (Å²) in [5, 5.41) is 17.8. The molecule has 2 aliphatic rings. The van der Waals surface area contributed by atoms with Gasteiger partial charge in [0.05, 0.1) is 12.1 Å². The van der Waals surface area contributed by atoms with Gasteiger partial charge in [-0.25, -0.2) is 8.78 Å². The minimum atomic E-state index is -0.913. The van der Waals surface area contributed by atoms with Gasteiger partial charge in [0.2, 0.25) is 5.91 Å². The number of rotatable bonds is 5. The van der Waals surface area contributed by atoms with Gasteiger partial charge in [-0.15, -0.1) is 0 Å². The van der Waals surface area contributed by atoms with Crippen molar-refractivity contribution in [2.24, 2.45) is 5.92 Å². The summed E-state index contributed by atoms with van der Waals surface area (Å²) < 4.78 is 27.7. The van der Waals surface area contributed by atoms with Crippen LogP contribution >= 0.6 is 0 Å². The molecule has 3 N–H and O–H groups in total. The van der Waals surface area contributed by atoms with Crippen molar-refractivity contribution in [1.82, 2.24) is 10.6 Å². The lowest BCUT2D eigenvalue weighted by Gasteiger charge is -2.26. The van der Waals surface area contributed by atoms with Crippen LogP contribution in [-0.4, -0.2) is 29.7 Å². The van der Waals surface area contributed by atoms with Crippen LogP contribution in [0, 0.1) is 17.6 Å². The van der Waals surface area contributed by atoms with E-state index in [4.69, 9.17) is 0 Å². The number of fused-ring (bicyclic) bond motifs is 5. The highest BCUT2D eigenvalue weighted by Crippen LogP contribution is 2.43. The number of aliphatic hydroxyl groups excluding tert-OH is 1. The fourth-order valence-corrected chi connectivity index (χ4v) is 5.94. The third kappa shape index (κ3) is 8.71. The summed E-state index contributed by atoms with van der Waals surface area (Å²) in [7, 11) is 0. The highest BCUT2D eigenvalue weighted by molar-refractivity contribution is 5.76. The second kappa shape index (κ2) is 14.2. The van der Waals surface area contributed by atoms with Crippen molar-refractivity contribution in [1.29, 1.82) is 0 Å². The number of nitrogens with one attached hydrogen (secondary N) is 2. The number of aliphatic hydroxyl groups is 1. The molecule has 1 aliphatic carbocycles. The summed E-state index contributed by atoms with van der Waals surface area (Å²) in [4.78, 5) is 12.7. The number of carbonyl (C=O) groups is 1. The fourth-order valence-electron chi connectivity index (χ4n) is 5.94. The molecule has 2 aromatic carbocycles. The van der Waals surface area contributed by atoms with Gasteiger partial charge in [0.15, 0.2) is 0 Å². The molecule has 0 spiro atoms. The first-order valence-corrected chi connectivity index (χ1v) is 14.7. The lowest BCUT2D eigenvalue weighted by Crippen LogP contribution is -2.49. The van der Waals surface area contributed by atoms with E-state index < -0.39 is 23.8 Å². The standard InChI is InChI=1S/C33H44F2N2O2/c1-22(2)11-12-23-13-14-28-25-9-7-5-3-4-6-8-10-33(39)37-31(18-24-15-26(34)20-27(35)16-24)32(38)21-36-30(19-25)29(28)17-23/h3,5,13-17,20,22,25,30-32,36,38H,4,6-12,18-19,21H2,1-2H3,(H,37,39)/t25-,30+,31+,32-/m1/s1. The molecule has 212 valence electrons. The SMILES string of the molecule is CC(C)CCc1ccc2c(c1)[C@@H]1C[C@H]2CCC=CCCCCC(=O)N[C@@H](Cc2cc(F)cc(F)c2)[C@H](O)CN1. The van der Waals surface area contributed by atoms with Crippen LogP contribution in [0.4, 0.5) is 8.78 Å². The molecule has 0 saturated heterocycles. The molecule has 1 aliphatic heterocycles. The number of allylic oxidation sites excluding steroid dienone is 2. The van der Waals surface area contributed by atoms with Crippen molar-refractivity contribution < 1.29 is 18.7 Å². The maximum atomic E-state index is 13.9. The molecule has 6 heteroatoms. The largest absolute Gasteiger partial charge is 0.390 e. The number of aryl methyl sites for hydroxylation is 1. The first-order chi connectivity index (χ1) is 18.8. The first-order valence-electron chi connectivity index (χ1n) is 14.7. The molecule has 0 unspecified atom stereocenters. The third-order valence-electron chi connectivity index (χ3n) is 8.13. The van der Waals surface area contributed by atoms with Crippen LogP contribution in [0.5, 0.6) is 0 Å². The first kappa shape index (κ1) is 29.4. The summed E-state index contributed by atoms with van der Waals surface area (Å²) >= 11 is 0. The average molecular weight is 539 g/mol. The Morgan fingerprint density at radius 2 is 1.74 bits per heavy atom. The van der Waals surface area contributed by atoms with E-state index in [0.717, 1.165) is 57.4 Å². The highest BCUT2D eigenvalue weighted by Gasteiger charge is 2.32. The van der Waals surface area contributed by atoms with Crippen LogP contribution in [0.2, 0.25) is 0 Å². The van der Waals surface area contributed by atoms with Crippen molar-refractivity contribution in [3.05, 3.63) is 82.4 Å². The predicted octanol–water partition coefficient (Wildman–Crippen LogP) is 6.67. The van der Waals surface area contributed by atoms with E-state index in [1.54, 1.807) is 0 Å². The van der Waals surface area contributed by atoms with Gasteiger partial charge >= 0.3 is 0 Å². The number of hydrogen-bond donors (Lipinski definition) is 3. The molecule has 2 bridgehead atoms. The van der Waals surface area contributed by atoms with E-state index in [1.807, 2.05) is 0 Å². The van der Waals surface area contributed by atoms with Crippen molar-refractivity contribution >= 4 is 5.91 Å². The van der Waals surface area contributed by atoms with Gasteiger partial charge in [0, 0.05) is 25.1 Å². The molecule has 39 heavy (non-hydrogen) atoms. The second-order valence-corrected chi connectivity index (χ2v) is 11.8. The highest BCUT2D eigenvalue weighted by atomic mass is 19.1. The minimum Gasteiger partial charge on any atom is -0.390 e. The van der Waals surface area contributed by atoms with Gasteiger partial charge in [0.25, 0.3) is 0 Å². The Bertz CT molecular complexity index is 1110. The topological polar surface area (TPSA) is 61.4 Å². The van der Waals surface area contributed by atoms with E-state index in [9.17, 15) is 18.7 Å². The number of β-amino-alcohol motifs (C(OH)–C–C–N with tert-alkyl or cyclic N) is 1. The van der Waals surface area contributed by atoms with E-state index >= 15 is 0 Å². The Balaban J connectivity index is 1.55. The summed E-state index contributed by atoms with van der Waals surface area (Å²) in [6.45, 7) is 4.76. The zero-order valence-electron chi connectivity index (χ0n) is 23.4. The van der Waals surface area contributed by atoms with Gasteiger partial charge in [0.1, 0.15) is 11.6 Å². The summed E-state index contributed by atoms with van der Waals surface area (Å²) in [6.07, 6.45) is 12.0. The molecule has 2 aromatic rings. The fraction of sp³-hybridized carbons (Fsp3) is 0.545. The van der Waals surface area contributed by atoms with Gasteiger partial charge in [-0.1, -0.05) is 44.2 Å². The maximum absolute atomic E-state index is 13.9. The van der Waals surface area contributed by atoms with Gasteiger partial charge in [-0.3, -0.25) is 4.79 Å². The normalized spacial score (nSPS) is 24.8. The quantitative estimate of drug-likeness (QED) is 0.373. The zero-order chi connectivity index (χ0) is 27.8. The van der Waals surface area contributed by atoms with E-state index in [-0.39, 0.29) is 24.9 Å². The average Bonchev–Trinajstić information content (AvgIpc) is 3.23. The van der Waals surface area contributed by atoms with Crippen molar-refractivity contribution in [3.63, 3.8) is 0 Å². The van der Waals surface area contributed by atoms with Crippen LogP contribution in [-0.2, 0) is 17.6 Å². The molecule has 4 rings (SSSR count). The minimum absolute atomic E-state index is 0.112. The van der Waals surface area contributed by atoms with Crippen LogP contribution < -0.4 is 10.6 Å². The number of halogens is 2. The summed E-state index contributed by atoms with van der Waals surface area (Å²) in [5.74, 6) is -0.371. The van der Waals surface area contributed by atoms with Crippen molar-refractivity contribution in [2.45, 2.75) is 102 Å². The summed E-state index contributed by atoms with van der Waals surface area (Å²) in [6, 6.07) is 9.73. The lowest BCUT2D eigenvalue weighted by molar-refractivity contribution is -0.122. The Morgan fingerprint density at radius 1 is 0.974 bits per heavy atom. The van der Waals surface area contributed by atoms with Crippen LogP contribution in [0.3, 0.4) is 0 Å². The number of carbonyl (C=O) groups excluding carboxylic acids is 1. The number of amides is 1. The molecular weight excluding hydrogens is 494 g/mol. The van der Waals surface area contributed by atoms with Gasteiger partial charge < -0.3 is 15.7 Å². The third-order valence-corrected chi connectivity index (χ3v) is 8.13. The Kier molecular flexibility index (Phi) is 10.7. The Hall–Kier alpha value is -2.57. The molecule has 0 aromatic heterocycles. The van der Waals surface area contributed by atoms with Crippen molar-refractivity contribution in [2.75, 3.05) is 6.54 Å². The van der Waals surface area contributed by atoms with E-state index in [0.29, 0.717) is 23.8 Å². The number of hydrogen-bond acceptors (Lipinski definition) is 3. The monoisotopic (exact) mass is 538 g/mol. The molecule has 4 atom stereocenters. The van der Waals surface area contributed by atoms with E-state index in [1.165, 1.54) is 28.8 Å². The molecular formula is C33H44F2N2O2. The zero-order valence-corrected chi connectivity index (χ0v) is 23.4. The predicted molar refractivity (Wildman–Crippen MR) is 153 cm³/mol. The maximum Gasteiger partial charge on any atom is 0.220 e. The second-order valence-electron chi connectivity index (χ2n) is 11.8. The molecule has 1 heterocycles. The van der Waals surface area contributed by atoms with Gasteiger partial charge in [-0.2, -0.15) is 0 Å². The molecule has 0 radical (unpaired) electrons. The smallest absolute Gasteiger partial charge is 0.220 e. The Labute approximate surface area is 232 Å². The van der Waals surface area contributed by atoms with Crippen LogP contribution in [0.1, 0.15) is 99.4 Å². The molecule has 1 amide bonds. The van der Waals surface area contributed by atoms with Gasteiger partial charge in [-0.05, 0) is 104 Å². The van der Waals surface area contributed by atoms with Crippen LogP contribution in [0.25, 0.3) is 0 Å².